The van der Waals surface area contributed by atoms with Crippen LogP contribution in [0.25, 0.3) is 0 Å². The lowest BCUT2D eigenvalue weighted by atomic mass is 10.0. The van der Waals surface area contributed by atoms with Gasteiger partial charge in [0.05, 0.1) is 0 Å². The number of hydrogen-bond acceptors (Lipinski definition) is 2. The van der Waals surface area contributed by atoms with Crippen molar-refractivity contribution in [3.63, 3.8) is 0 Å². The Bertz CT molecular complexity index is 158. The third-order valence-electron chi connectivity index (χ3n) is 4.00. The molecule has 0 aromatic rings. The quantitative estimate of drug-likeness (QED) is 0.738. The summed E-state index contributed by atoms with van der Waals surface area (Å²) in [7, 11) is 2.32. The molecule has 1 aliphatic carbocycles. The molecule has 2 nitrogen and oxygen atoms in total. The van der Waals surface area contributed by atoms with Gasteiger partial charge in [-0.05, 0) is 58.3 Å². The Morgan fingerprint density at radius 1 is 1.21 bits per heavy atom. The third-order valence-corrected chi connectivity index (χ3v) is 4.00. The monoisotopic (exact) mass is 196 g/mol. The standard InChI is InChI=1S/C12H24N2/c1-14(12-4-2-3-5-12)9-7-11-6-8-13-10-11/h11-13H,2-10H2,1H3. The zero-order chi connectivity index (χ0) is 9.80. The lowest BCUT2D eigenvalue weighted by Crippen LogP contribution is -2.31. The summed E-state index contributed by atoms with van der Waals surface area (Å²) in [5.74, 6) is 0.957. The van der Waals surface area contributed by atoms with Crippen LogP contribution in [0.4, 0.5) is 0 Å². The normalized spacial score (nSPS) is 29.1. The minimum atomic E-state index is 0.907. The molecule has 0 bridgehead atoms. The van der Waals surface area contributed by atoms with E-state index in [1.807, 2.05) is 0 Å². The molecule has 1 saturated carbocycles. The molecule has 1 aliphatic heterocycles. The predicted octanol–water partition coefficient (Wildman–Crippen LogP) is 1.86. The summed E-state index contributed by atoms with van der Waals surface area (Å²) in [5.41, 5.74) is 0. The van der Waals surface area contributed by atoms with Gasteiger partial charge >= 0.3 is 0 Å². The first-order chi connectivity index (χ1) is 6.86. The Morgan fingerprint density at radius 3 is 2.64 bits per heavy atom. The predicted molar refractivity (Wildman–Crippen MR) is 60.5 cm³/mol. The molecule has 2 rings (SSSR count). The summed E-state index contributed by atoms with van der Waals surface area (Å²) in [6.07, 6.45) is 8.61. The van der Waals surface area contributed by atoms with E-state index in [9.17, 15) is 0 Å². The summed E-state index contributed by atoms with van der Waals surface area (Å²) < 4.78 is 0. The maximum atomic E-state index is 3.45. The average molecular weight is 196 g/mol. The molecular formula is C12H24N2. The summed E-state index contributed by atoms with van der Waals surface area (Å²) in [6.45, 7) is 3.83. The highest BCUT2D eigenvalue weighted by Crippen LogP contribution is 2.23. The van der Waals surface area contributed by atoms with Gasteiger partial charge in [-0.25, -0.2) is 0 Å². The largest absolute Gasteiger partial charge is 0.316 e. The first-order valence-corrected chi connectivity index (χ1v) is 6.27. The van der Waals surface area contributed by atoms with Crippen LogP contribution in [0.5, 0.6) is 0 Å². The number of rotatable bonds is 4. The maximum Gasteiger partial charge on any atom is 0.00922 e. The Balaban J connectivity index is 1.63. The van der Waals surface area contributed by atoms with E-state index in [2.05, 4.69) is 17.3 Å². The number of hydrogen-bond donors (Lipinski definition) is 1. The second-order valence-electron chi connectivity index (χ2n) is 5.07. The van der Waals surface area contributed by atoms with Gasteiger partial charge in [-0.15, -0.1) is 0 Å². The van der Waals surface area contributed by atoms with Gasteiger partial charge in [0.15, 0.2) is 0 Å². The minimum absolute atomic E-state index is 0.907. The number of nitrogens with zero attached hydrogens (tertiary/aromatic N) is 1. The number of nitrogens with one attached hydrogen (secondary N) is 1. The summed E-state index contributed by atoms with van der Waals surface area (Å²) in [6, 6.07) is 0.907. The molecule has 1 unspecified atom stereocenters. The van der Waals surface area contributed by atoms with Gasteiger partial charge in [0.25, 0.3) is 0 Å². The van der Waals surface area contributed by atoms with Gasteiger partial charge in [0.2, 0.25) is 0 Å². The fourth-order valence-electron chi connectivity index (χ4n) is 2.87. The van der Waals surface area contributed by atoms with Crippen LogP contribution < -0.4 is 5.32 Å². The highest BCUT2D eigenvalue weighted by atomic mass is 15.1. The van der Waals surface area contributed by atoms with Crippen molar-refractivity contribution in [2.24, 2.45) is 5.92 Å². The summed E-state index contributed by atoms with van der Waals surface area (Å²) in [4.78, 5) is 2.60. The van der Waals surface area contributed by atoms with Gasteiger partial charge in [0, 0.05) is 6.04 Å². The summed E-state index contributed by atoms with van der Waals surface area (Å²) >= 11 is 0. The maximum absolute atomic E-state index is 3.45. The van der Waals surface area contributed by atoms with E-state index in [-0.39, 0.29) is 0 Å². The molecule has 1 heterocycles. The highest BCUT2D eigenvalue weighted by Gasteiger charge is 2.21. The Labute approximate surface area is 88.1 Å². The SMILES string of the molecule is CN(CCC1CCNC1)C1CCCC1. The van der Waals surface area contributed by atoms with E-state index >= 15 is 0 Å². The van der Waals surface area contributed by atoms with Gasteiger partial charge in [-0.3, -0.25) is 0 Å². The summed E-state index contributed by atoms with van der Waals surface area (Å²) in [5, 5.41) is 3.45. The Hall–Kier alpha value is -0.0800. The third kappa shape index (κ3) is 2.71. The zero-order valence-corrected chi connectivity index (χ0v) is 9.47. The molecule has 1 N–H and O–H groups in total. The Morgan fingerprint density at radius 2 is 2.00 bits per heavy atom. The molecule has 0 aromatic heterocycles. The van der Waals surface area contributed by atoms with Crippen LogP contribution in [0.1, 0.15) is 38.5 Å². The molecule has 0 amide bonds. The van der Waals surface area contributed by atoms with Gasteiger partial charge < -0.3 is 10.2 Å². The molecule has 0 radical (unpaired) electrons. The second-order valence-corrected chi connectivity index (χ2v) is 5.07. The van der Waals surface area contributed by atoms with E-state index in [1.165, 1.54) is 58.2 Å². The van der Waals surface area contributed by atoms with Crippen molar-refractivity contribution in [3.8, 4) is 0 Å². The van der Waals surface area contributed by atoms with E-state index in [0.29, 0.717) is 0 Å². The van der Waals surface area contributed by atoms with Crippen LogP contribution in [0.15, 0.2) is 0 Å². The molecule has 82 valence electrons. The van der Waals surface area contributed by atoms with E-state index in [1.54, 1.807) is 0 Å². The van der Waals surface area contributed by atoms with E-state index in [0.717, 1.165) is 12.0 Å². The fraction of sp³-hybridized carbons (Fsp3) is 1.00. The van der Waals surface area contributed by atoms with Crippen molar-refractivity contribution in [1.29, 1.82) is 0 Å². The molecule has 1 atom stereocenters. The molecule has 2 fully saturated rings. The van der Waals surface area contributed by atoms with Crippen LogP contribution in [0.3, 0.4) is 0 Å². The first-order valence-electron chi connectivity index (χ1n) is 6.27. The topological polar surface area (TPSA) is 15.3 Å². The molecule has 14 heavy (non-hydrogen) atoms. The minimum Gasteiger partial charge on any atom is -0.316 e. The second kappa shape index (κ2) is 5.13. The molecular weight excluding hydrogens is 172 g/mol. The fourth-order valence-corrected chi connectivity index (χ4v) is 2.87. The highest BCUT2D eigenvalue weighted by molar-refractivity contribution is 4.77. The lowest BCUT2D eigenvalue weighted by Gasteiger charge is -2.25. The van der Waals surface area contributed by atoms with Gasteiger partial charge in [-0.2, -0.15) is 0 Å². The van der Waals surface area contributed by atoms with Crippen molar-refractivity contribution in [3.05, 3.63) is 0 Å². The van der Waals surface area contributed by atoms with Crippen LogP contribution >= 0.6 is 0 Å². The Kier molecular flexibility index (Phi) is 3.82. The average Bonchev–Trinajstić information content (AvgIpc) is 2.87. The van der Waals surface area contributed by atoms with Crippen LogP contribution in [-0.4, -0.2) is 37.6 Å². The van der Waals surface area contributed by atoms with Crippen LogP contribution in [0, 0.1) is 5.92 Å². The van der Waals surface area contributed by atoms with Crippen LogP contribution in [0.2, 0.25) is 0 Å². The van der Waals surface area contributed by atoms with Crippen molar-refractivity contribution < 1.29 is 0 Å². The van der Waals surface area contributed by atoms with E-state index < -0.39 is 0 Å². The molecule has 1 saturated heterocycles. The van der Waals surface area contributed by atoms with Gasteiger partial charge in [0.1, 0.15) is 0 Å². The first kappa shape index (κ1) is 10.4. The van der Waals surface area contributed by atoms with Crippen molar-refractivity contribution >= 4 is 0 Å². The molecule has 0 aromatic carbocycles. The smallest absolute Gasteiger partial charge is 0.00922 e. The zero-order valence-electron chi connectivity index (χ0n) is 9.47. The van der Waals surface area contributed by atoms with Crippen molar-refractivity contribution in [1.82, 2.24) is 10.2 Å². The lowest BCUT2D eigenvalue weighted by molar-refractivity contribution is 0.229. The molecule has 0 spiro atoms. The van der Waals surface area contributed by atoms with E-state index in [4.69, 9.17) is 0 Å². The molecule has 2 heteroatoms. The molecule has 2 aliphatic rings. The van der Waals surface area contributed by atoms with Crippen LogP contribution in [-0.2, 0) is 0 Å². The van der Waals surface area contributed by atoms with Crippen molar-refractivity contribution in [2.45, 2.75) is 44.6 Å². The van der Waals surface area contributed by atoms with Crippen molar-refractivity contribution in [2.75, 3.05) is 26.7 Å². The van der Waals surface area contributed by atoms with Gasteiger partial charge in [-0.1, -0.05) is 12.8 Å².